The molecular formula is C22H20ClN3O6S. The van der Waals surface area contributed by atoms with Crippen LogP contribution >= 0.6 is 11.6 Å². The third kappa shape index (κ3) is 5.73. The third-order valence-corrected chi connectivity index (χ3v) is 6.30. The molecule has 33 heavy (non-hydrogen) atoms. The largest absolute Gasteiger partial charge is 0.497 e. The summed E-state index contributed by atoms with van der Waals surface area (Å²) < 4.78 is 38.4. The first-order valence-corrected chi connectivity index (χ1v) is 11.3. The molecule has 172 valence electrons. The first kappa shape index (κ1) is 23.9. The summed E-state index contributed by atoms with van der Waals surface area (Å²) >= 11 is 6.10. The summed E-state index contributed by atoms with van der Waals surface area (Å²) in [5, 5.41) is -0.0886. The standard InChI is InChI=1S/C22H20ClN3O6S/c1-31-16-7-5-6-14(12-16)21(27)24-25-22(28)15-10-11-17(23)20(13-15)33(29,30)26-18-8-3-4-9-19(18)32-2/h3-13,26H,1-2H3,(H,24,27)(H,25,28). The van der Waals surface area contributed by atoms with Crippen LogP contribution in [0.15, 0.2) is 71.6 Å². The number of amides is 2. The van der Waals surface area contributed by atoms with Crippen molar-refractivity contribution in [1.82, 2.24) is 10.9 Å². The topological polar surface area (TPSA) is 123 Å². The number of methoxy groups -OCH3 is 2. The Morgan fingerprint density at radius 1 is 0.818 bits per heavy atom. The fourth-order valence-corrected chi connectivity index (χ4v) is 4.40. The molecule has 0 atom stereocenters. The van der Waals surface area contributed by atoms with Crippen molar-refractivity contribution in [3.05, 3.63) is 82.9 Å². The monoisotopic (exact) mass is 489 g/mol. The number of carbonyl (C=O) groups is 2. The van der Waals surface area contributed by atoms with Gasteiger partial charge in [0.15, 0.2) is 0 Å². The van der Waals surface area contributed by atoms with Gasteiger partial charge in [0.25, 0.3) is 21.8 Å². The smallest absolute Gasteiger partial charge is 0.269 e. The molecule has 3 aromatic rings. The average Bonchev–Trinajstić information content (AvgIpc) is 2.82. The second-order valence-corrected chi connectivity index (χ2v) is 8.65. The number of sulfonamides is 1. The second kappa shape index (κ2) is 10.2. The molecule has 0 bridgehead atoms. The fraction of sp³-hybridized carbons (Fsp3) is 0.0909. The third-order valence-electron chi connectivity index (χ3n) is 4.46. The molecule has 0 spiro atoms. The van der Waals surface area contributed by atoms with Gasteiger partial charge in [0.2, 0.25) is 0 Å². The number of hydrogen-bond donors (Lipinski definition) is 3. The Morgan fingerprint density at radius 2 is 1.48 bits per heavy atom. The van der Waals surface area contributed by atoms with E-state index in [1.54, 1.807) is 36.4 Å². The van der Waals surface area contributed by atoms with Gasteiger partial charge in [-0.25, -0.2) is 8.42 Å². The molecular weight excluding hydrogens is 470 g/mol. The highest BCUT2D eigenvalue weighted by atomic mass is 35.5. The molecule has 0 unspecified atom stereocenters. The van der Waals surface area contributed by atoms with E-state index < -0.39 is 21.8 Å². The molecule has 3 N–H and O–H groups in total. The number of para-hydroxylation sites is 2. The van der Waals surface area contributed by atoms with Gasteiger partial charge in [-0.05, 0) is 48.5 Å². The number of rotatable bonds is 7. The molecule has 0 saturated heterocycles. The molecule has 0 aliphatic heterocycles. The van der Waals surface area contributed by atoms with E-state index in [0.717, 1.165) is 6.07 Å². The molecule has 0 heterocycles. The van der Waals surface area contributed by atoms with Crippen molar-refractivity contribution in [3.8, 4) is 11.5 Å². The molecule has 11 heteroatoms. The first-order chi connectivity index (χ1) is 15.7. The predicted molar refractivity (Wildman–Crippen MR) is 123 cm³/mol. The number of ether oxygens (including phenoxy) is 2. The molecule has 0 aliphatic rings. The van der Waals surface area contributed by atoms with Crippen LogP contribution in [-0.2, 0) is 10.0 Å². The van der Waals surface area contributed by atoms with Crippen molar-refractivity contribution in [1.29, 1.82) is 0 Å². The Labute approximate surface area is 195 Å². The van der Waals surface area contributed by atoms with Crippen LogP contribution in [0.2, 0.25) is 5.02 Å². The summed E-state index contributed by atoms with van der Waals surface area (Å²) in [4.78, 5) is 24.5. The van der Waals surface area contributed by atoms with Crippen molar-refractivity contribution in [3.63, 3.8) is 0 Å². The van der Waals surface area contributed by atoms with Gasteiger partial charge in [-0.3, -0.25) is 25.2 Å². The summed E-state index contributed by atoms with van der Waals surface area (Å²) in [5.41, 5.74) is 4.94. The zero-order chi connectivity index (χ0) is 24.0. The number of benzene rings is 3. The normalized spacial score (nSPS) is 10.8. The Hall–Kier alpha value is -3.76. The van der Waals surface area contributed by atoms with Gasteiger partial charge in [0, 0.05) is 11.1 Å². The maximum Gasteiger partial charge on any atom is 0.269 e. The molecule has 9 nitrogen and oxygen atoms in total. The number of anilines is 1. The highest BCUT2D eigenvalue weighted by molar-refractivity contribution is 7.92. The van der Waals surface area contributed by atoms with Gasteiger partial charge < -0.3 is 9.47 Å². The maximum absolute atomic E-state index is 12.9. The van der Waals surface area contributed by atoms with E-state index in [4.69, 9.17) is 21.1 Å². The molecule has 0 saturated carbocycles. The van der Waals surface area contributed by atoms with Gasteiger partial charge in [0.1, 0.15) is 16.4 Å². The van der Waals surface area contributed by atoms with E-state index >= 15 is 0 Å². The zero-order valence-corrected chi connectivity index (χ0v) is 19.2. The molecule has 2 amide bonds. The van der Waals surface area contributed by atoms with Crippen LogP contribution in [0.4, 0.5) is 5.69 Å². The Bertz CT molecular complexity index is 1300. The minimum atomic E-state index is -4.16. The van der Waals surface area contributed by atoms with Gasteiger partial charge in [0.05, 0.1) is 24.9 Å². The van der Waals surface area contributed by atoms with Crippen LogP contribution in [0.1, 0.15) is 20.7 Å². The van der Waals surface area contributed by atoms with E-state index in [9.17, 15) is 18.0 Å². The Balaban J connectivity index is 1.77. The van der Waals surface area contributed by atoms with E-state index in [2.05, 4.69) is 15.6 Å². The summed E-state index contributed by atoms with van der Waals surface area (Å²) in [6.45, 7) is 0. The lowest BCUT2D eigenvalue weighted by Gasteiger charge is -2.13. The van der Waals surface area contributed by atoms with Crippen molar-refractivity contribution in [2.75, 3.05) is 18.9 Å². The molecule has 3 aromatic carbocycles. The summed E-state index contributed by atoms with van der Waals surface area (Å²) in [6.07, 6.45) is 0. The minimum Gasteiger partial charge on any atom is -0.497 e. The van der Waals surface area contributed by atoms with Gasteiger partial charge in [-0.1, -0.05) is 29.8 Å². The van der Waals surface area contributed by atoms with Gasteiger partial charge >= 0.3 is 0 Å². The number of nitrogens with one attached hydrogen (secondary N) is 3. The highest BCUT2D eigenvalue weighted by Crippen LogP contribution is 2.29. The number of halogens is 1. The molecule has 0 aromatic heterocycles. The highest BCUT2D eigenvalue weighted by Gasteiger charge is 2.22. The second-order valence-electron chi connectivity index (χ2n) is 6.59. The van der Waals surface area contributed by atoms with E-state index in [1.807, 2.05) is 0 Å². The molecule has 0 fully saturated rings. The van der Waals surface area contributed by atoms with Crippen LogP contribution in [0, 0.1) is 0 Å². The van der Waals surface area contributed by atoms with Gasteiger partial charge in [-0.15, -0.1) is 0 Å². The number of carbonyl (C=O) groups excluding carboxylic acids is 2. The van der Waals surface area contributed by atoms with Crippen molar-refractivity contribution in [2.24, 2.45) is 0 Å². The lowest BCUT2D eigenvalue weighted by Crippen LogP contribution is -2.41. The number of hydrazine groups is 1. The van der Waals surface area contributed by atoms with E-state index in [0.29, 0.717) is 11.5 Å². The summed E-state index contributed by atoms with van der Waals surface area (Å²) in [6, 6.07) is 16.5. The van der Waals surface area contributed by atoms with Crippen molar-refractivity contribution < 1.29 is 27.5 Å². The summed E-state index contributed by atoms with van der Waals surface area (Å²) in [5.74, 6) is -0.533. The molecule has 3 rings (SSSR count). The SMILES string of the molecule is COc1cccc(C(=O)NNC(=O)c2ccc(Cl)c(S(=O)(=O)Nc3ccccc3OC)c2)c1. The summed E-state index contributed by atoms with van der Waals surface area (Å²) in [7, 11) is -1.28. The van der Waals surface area contributed by atoms with Gasteiger partial charge in [-0.2, -0.15) is 0 Å². The van der Waals surface area contributed by atoms with Crippen LogP contribution in [0.3, 0.4) is 0 Å². The Morgan fingerprint density at radius 3 is 2.15 bits per heavy atom. The van der Waals surface area contributed by atoms with Crippen LogP contribution in [-0.4, -0.2) is 34.5 Å². The minimum absolute atomic E-state index is 0.0363. The van der Waals surface area contributed by atoms with Crippen LogP contribution in [0.5, 0.6) is 11.5 Å². The van der Waals surface area contributed by atoms with Crippen molar-refractivity contribution in [2.45, 2.75) is 4.90 Å². The zero-order valence-electron chi connectivity index (χ0n) is 17.6. The molecule has 0 radical (unpaired) electrons. The maximum atomic E-state index is 12.9. The molecule has 0 aliphatic carbocycles. The van der Waals surface area contributed by atoms with Crippen molar-refractivity contribution >= 4 is 39.1 Å². The van der Waals surface area contributed by atoms with Crippen LogP contribution < -0.4 is 25.0 Å². The lowest BCUT2D eigenvalue weighted by molar-refractivity contribution is 0.0846. The lowest BCUT2D eigenvalue weighted by atomic mass is 10.2. The quantitative estimate of drug-likeness (QED) is 0.438. The average molecular weight is 490 g/mol. The predicted octanol–water partition coefficient (Wildman–Crippen LogP) is 3.23. The fourth-order valence-electron chi connectivity index (χ4n) is 2.80. The van der Waals surface area contributed by atoms with E-state index in [1.165, 1.54) is 38.5 Å². The first-order valence-electron chi connectivity index (χ1n) is 9.45. The number of hydrogen-bond acceptors (Lipinski definition) is 6. The van der Waals surface area contributed by atoms with E-state index in [-0.39, 0.29) is 26.7 Å². The Kier molecular flexibility index (Phi) is 7.41. The van der Waals surface area contributed by atoms with Crippen LogP contribution in [0.25, 0.3) is 0 Å².